The fourth-order valence-electron chi connectivity index (χ4n) is 3.48. The number of carbonyl (C=O) groups excluding carboxylic acids is 4. The number of benzene rings is 3. The van der Waals surface area contributed by atoms with E-state index in [2.05, 4.69) is 10.6 Å². The number of carbonyl (C=O) groups is 4. The van der Waals surface area contributed by atoms with Gasteiger partial charge in [0.05, 0.1) is 16.4 Å². The molecular weight excluding hydrogens is 593 g/mol. The largest absolute Gasteiger partial charge is 0.508 e. The number of barbiturate groups is 1. The highest BCUT2D eigenvalue weighted by molar-refractivity contribution is 14.1. The number of rotatable bonds is 7. The van der Waals surface area contributed by atoms with Crippen molar-refractivity contribution in [3.05, 3.63) is 81.4 Å². The summed E-state index contributed by atoms with van der Waals surface area (Å²) in [6.45, 7) is -0.272. The van der Waals surface area contributed by atoms with Crippen LogP contribution in [0.4, 0.5) is 16.2 Å². The average molecular weight is 613 g/mol. The smallest absolute Gasteiger partial charge is 0.335 e. The van der Waals surface area contributed by atoms with Gasteiger partial charge in [0.25, 0.3) is 17.7 Å². The van der Waals surface area contributed by atoms with E-state index in [1.54, 1.807) is 36.4 Å². The molecule has 1 aliphatic heterocycles. The van der Waals surface area contributed by atoms with Crippen molar-refractivity contribution in [2.24, 2.45) is 0 Å². The molecule has 0 atom stereocenters. The third-order valence-corrected chi connectivity index (χ3v) is 5.98. The number of halogens is 1. The molecule has 37 heavy (non-hydrogen) atoms. The minimum absolute atomic E-state index is 0.0398. The van der Waals surface area contributed by atoms with Crippen LogP contribution >= 0.6 is 22.6 Å². The molecule has 1 aliphatic rings. The molecule has 188 valence electrons. The minimum Gasteiger partial charge on any atom is -0.508 e. The third kappa shape index (κ3) is 5.89. The highest BCUT2D eigenvalue weighted by Crippen LogP contribution is 2.35. The predicted octanol–water partition coefficient (Wildman–Crippen LogP) is 3.69. The molecule has 0 aromatic heterocycles. The van der Waals surface area contributed by atoms with Crippen molar-refractivity contribution in [1.29, 1.82) is 0 Å². The number of anilines is 2. The molecule has 3 N–H and O–H groups in total. The number of methoxy groups -OCH3 is 1. The van der Waals surface area contributed by atoms with Crippen LogP contribution in [-0.4, -0.2) is 42.6 Å². The average Bonchev–Trinajstić information content (AvgIpc) is 2.87. The predicted molar refractivity (Wildman–Crippen MR) is 143 cm³/mol. The van der Waals surface area contributed by atoms with Gasteiger partial charge in [-0.2, -0.15) is 0 Å². The monoisotopic (exact) mass is 613 g/mol. The molecule has 1 saturated heterocycles. The third-order valence-electron chi connectivity index (χ3n) is 5.18. The Morgan fingerprint density at radius 3 is 2.46 bits per heavy atom. The van der Waals surface area contributed by atoms with Crippen LogP contribution in [-0.2, 0) is 14.4 Å². The van der Waals surface area contributed by atoms with E-state index in [0.29, 0.717) is 20.6 Å². The number of hydrogen-bond donors (Lipinski definition) is 3. The Bertz CT molecular complexity index is 1410. The number of imide groups is 2. The standard InChI is InChI=1S/C26H20IN3O7/c1-36-21-13-15(12-20(27)23(21)37-14-22(32)28-16-5-3-2-4-6-16)11-19-24(33)29-26(35)30(25(19)34)17-7-9-18(31)10-8-17/h2-13,31H,14H2,1H3,(H,28,32)(H,29,33,35)/b19-11+. The van der Waals surface area contributed by atoms with Crippen molar-refractivity contribution in [2.45, 2.75) is 0 Å². The molecular formula is C26H20IN3O7. The molecule has 0 unspecified atom stereocenters. The van der Waals surface area contributed by atoms with Crippen LogP contribution in [0.15, 0.2) is 72.3 Å². The van der Waals surface area contributed by atoms with E-state index in [1.807, 2.05) is 28.7 Å². The number of ether oxygens (including phenoxy) is 2. The Morgan fingerprint density at radius 2 is 1.78 bits per heavy atom. The summed E-state index contributed by atoms with van der Waals surface area (Å²) in [5, 5.41) is 14.4. The first-order valence-electron chi connectivity index (χ1n) is 10.8. The fraction of sp³-hybridized carbons (Fsp3) is 0.0769. The number of urea groups is 1. The first kappa shape index (κ1) is 25.7. The molecule has 3 aromatic rings. The molecule has 1 heterocycles. The Hall–Kier alpha value is -4.39. The number of hydrogen-bond acceptors (Lipinski definition) is 7. The lowest BCUT2D eigenvalue weighted by Crippen LogP contribution is -2.54. The zero-order chi connectivity index (χ0) is 26.5. The first-order valence-corrected chi connectivity index (χ1v) is 11.9. The normalized spacial score (nSPS) is 14.4. The zero-order valence-electron chi connectivity index (χ0n) is 19.4. The number of nitrogens with one attached hydrogen (secondary N) is 2. The van der Waals surface area contributed by atoms with Gasteiger partial charge in [0, 0.05) is 5.69 Å². The van der Waals surface area contributed by atoms with Gasteiger partial charge in [0.2, 0.25) is 0 Å². The summed E-state index contributed by atoms with van der Waals surface area (Å²) in [7, 11) is 1.42. The van der Waals surface area contributed by atoms with Gasteiger partial charge >= 0.3 is 6.03 Å². The lowest BCUT2D eigenvalue weighted by molar-refractivity contribution is -0.122. The molecule has 0 radical (unpaired) electrons. The molecule has 0 spiro atoms. The minimum atomic E-state index is -0.900. The number of phenolic OH excluding ortho intramolecular Hbond substituents is 1. The highest BCUT2D eigenvalue weighted by atomic mass is 127. The number of phenols is 1. The van der Waals surface area contributed by atoms with Gasteiger partial charge in [-0.05, 0) is 82.8 Å². The Labute approximate surface area is 225 Å². The molecule has 11 heteroatoms. The maximum atomic E-state index is 13.1. The van der Waals surface area contributed by atoms with Gasteiger partial charge in [-0.1, -0.05) is 18.2 Å². The number of aromatic hydroxyl groups is 1. The van der Waals surface area contributed by atoms with Crippen LogP contribution in [0.3, 0.4) is 0 Å². The highest BCUT2D eigenvalue weighted by Gasteiger charge is 2.36. The second-order valence-electron chi connectivity index (χ2n) is 7.71. The van der Waals surface area contributed by atoms with Gasteiger partial charge in [-0.15, -0.1) is 0 Å². The van der Waals surface area contributed by atoms with Gasteiger partial charge in [0.1, 0.15) is 11.3 Å². The van der Waals surface area contributed by atoms with Gasteiger partial charge in [-0.25, -0.2) is 9.69 Å². The number of para-hydroxylation sites is 1. The van der Waals surface area contributed by atoms with E-state index in [-0.39, 0.29) is 35.3 Å². The molecule has 4 rings (SSSR count). The summed E-state index contributed by atoms with van der Waals surface area (Å²) >= 11 is 1.99. The van der Waals surface area contributed by atoms with E-state index in [9.17, 15) is 24.3 Å². The van der Waals surface area contributed by atoms with Crippen LogP contribution in [0, 0.1) is 3.57 Å². The van der Waals surface area contributed by atoms with Crippen molar-refractivity contribution in [2.75, 3.05) is 23.9 Å². The second-order valence-corrected chi connectivity index (χ2v) is 8.87. The van der Waals surface area contributed by atoms with Crippen molar-refractivity contribution >= 4 is 63.8 Å². The van der Waals surface area contributed by atoms with E-state index in [4.69, 9.17) is 9.47 Å². The van der Waals surface area contributed by atoms with E-state index in [1.165, 1.54) is 37.5 Å². The van der Waals surface area contributed by atoms with Crippen molar-refractivity contribution in [3.63, 3.8) is 0 Å². The summed E-state index contributed by atoms with van der Waals surface area (Å²) in [4.78, 5) is 51.0. The van der Waals surface area contributed by atoms with Gasteiger partial charge < -0.3 is 19.9 Å². The second kappa shape index (κ2) is 11.1. The van der Waals surface area contributed by atoms with Crippen LogP contribution in [0.1, 0.15) is 5.56 Å². The van der Waals surface area contributed by atoms with Crippen molar-refractivity contribution < 1.29 is 33.8 Å². The summed E-state index contributed by atoms with van der Waals surface area (Å²) < 4.78 is 11.7. The lowest BCUT2D eigenvalue weighted by atomic mass is 10.1. The van der Waals surface area contributed by atoms with Crippen molar-refractivity contribution in [3.8, 4) is 17.2 Å². The van der Waals surface area contributed by atoms with E-state index in [0.717, 1.165) is 4.90 Å². The maximum absolute atomic E-state index is 13.1. The summed E-state index contributed by atoms with van der Waals surface area (Å²) in [6, 6.07) is 16.6. The molecule has 0 aliphatic carbocycles. The van der Waals surface area contributed by atoms with E-state index < -0.39 is 17.8 Å². The first-order chi connectivity index (χ1) is 17.8. The summed E-state index contributed by atoms with van der Waals surface area (Å²) in [6.07, 6.45) is 1.33. The lowest BCUT2D eigenvalue weighted by Gasteiger charge is -2.26. The molecule has 5 amide bonds. The van der Waals surface area contributed by atoms with Gasteiger partial charge in [0.15, 0.2) is 18.1 Å². The zero-order valence-corrected chi connectivity index (χ0v) is 21.5. The molecule has 0 saturated carbocycles. The number of amides is 5. The Kier molecular flexibility index (Phi) is 7.72. The number of nitrogens with zero attached hydrogens (tertiary/aromatic N) is 1. The molecule has 0 bridgehead atoms. The van der Waals surface area contributed by atoms with Crippen LogP contribution in [0.25, 0.3) is 6.08 Å². The summed E-state index contributed by atoms with van der Waals surface area (Å²) in [5.41, 5.74) is 0.973. The van der Waals surface area contributed by atoms with Crippen LogP contribution < -0.4 is 25.0 Å². The summed E-state index contributed by atoms with van der Waals surface area (Å²) in [5.74, 6) is -1.49. The Morgan fingerprint density at radius 1 is 1.08 bits per heavy atom. The molecule has 3 aromatic carbocycles. The quantitative estimate of drug-likeness (QED) is 0.210. The van der Waals surface area contributed by atoms with Crippen LogP contribution in [0.2, 0.25) is 0 Å². The maximum Gasteiger partial charge on any atom is 0.335 e. The molecule has 1 fully saturated rings. The van der Waals surface area contributed by atoms with E-state index >= 15 is 0 Å². The van der Waals surface area contributed by atoms with Crippen molar-refractivity contribution in [1.82, 2.24) is 5.32 Å². The fourth-order valence-corrected chi connectivity index (χ4v) is 4.26. The van der Waals surface area contributed by atoms with Gasteiger partial charge in [-0.3, -0.25) is 19.7 Å². The van der Waals surface area contributed by atoms with Crippen LogP contribution in [0.5, 0.6) is 17.2 Å². The SMILES string of the molecule is COc1cc(/C=C2\C(=O)NC(=O)N(c3ccc(O)cc3)C2=O)cc(I)c1OCC(=O)Nc1ccccc1. The Balaban J connectivity index is 1.56. The topological polar surface area (TPSA) is 134 Å². The molecule has 10 nitrogen and oxygen atoms in total.